The Labute approximate surface area is 522 Å². The van der Waals surface area contributed by atoms with E-state index in [1.807, 2.05) is 0 Å². The molecule has 0 aliphatic carbocycles. The first-order valence-corrected chi connectivity index (χ1v) is 37.2. The van der Waals surface area contributed by atoms with Gasteiger partial charge >= 0.3 is 39.5 Å². The normalized spacial score (nSPS) is 14.8. The van der Waals surface area contributed by atoms with Gasteiger partial charge in [-0.25, -0.2) is 9.13 Å². The molecule has 0 saturated carbocycles. The van der Waals surface area contributed by atoms with Gasteiger partial charge in [-0.3, -0.25) is 37.3 Å². The van der Waals surface area contributed by atoms with Crippen molar-refractivity contribution in [2.45, 2.75) is 324 Å². The Morgan fingerprint density at radius 1 is 0.384 bits per heavy atom. The van der Waals surface area contributed by atoms with Crippen LogP contribution in [0.25, 0.3) is 0 Å². The molecule has 0 amide bonds. The van der Waals surface area contributed by atoms with Crippen LogP contribution in [0.5, 0.6) is 0 Å². The number of esters is 4. The molecule has 0 bridgehead atoms. The lowest BCUT2D eigenvalue weighted by Gasteiger charge is -2.21. The van der Waals surface area contributed by atoms with Crippen molar-refractivity contribution < 1.29 is 80.2 Å². The van der Waals surface area contributed by atoms with Gasteiger partial charge < -0.3 is 33.8 Å². The smallest absolute Gasteiger partial charge is 0.462 e. The molecule has 0 radical (unpaired) electrons. The third-order valence-corrected chi connectivity index (χ3v) is 17.0. The van der Waals surface area contributed by atoms with Gasteiger partial charge in [0.25, 0.3) is 0 Å². The second-order valence-corrected chi connectivity index (χ2v) is 27.6. The lowest BCUT2D eigenvalue weighted by molar-refractivity contribution is -0.161. The summed E-state index contributed by atoms with van der Waals surface area (Å²) < 4.78 is 68.0. The molecule has 3 N–H and O–H groups in total. The van der Waals surface area contributed by atoms with Gasteiger partial charge in [-0.15, -0.1) is 0 Å². The highest BCUT2D eigenvalue weighted by atomic mass is 31.2. The molecule has 0 aliphatic heterocycles. The quantitative estimate of drug-likeness (QED) is 0.0169. The maximum absolute atomic E-state index is 13.0. The minimum atomic E-state index is -4.96. The van der Waals surface area contributed by atoms with Crippen LogP contribution in [-0.2, 0) is 65.4 Å². The fraction of sp³-hybridized carbons (Fsp3) is 0.881. The van der Waals surface area contributed by atoms with E-state index in [2.05, 4.69) is 72.8 Å². The van der Waals surface area contributed by atoms with Crippen LogP contribution < -0.4 is 0 Å². The van der Waals surface area contributed by atoms with E-state index in [4.69, 9.17) is 37.0 Å². The summed E-state index contributed by atoms with van der Waals surface area (Å²) in [4.78, 5) is 72.3. The van der Waals surface area contributed by atoms with Gasteiger partial charge in [0.1, 0.15) is 19.3 Å². The first-order valence-electron chi connectivity index (χ1n) is 34.2. The minimum Gasteiger partial charge on any atom is -0.462 e. The van der Waals surface area contributed by atoms with Crippen molar-refractivity contribution >= 4 is 39.5 Å². The number of aliphatic hydroxyl groups is 1. The van der Waals surface area contributed by atoms with Crippen molar-refractivity contribution in [3.05, 3.63) is 24.3 Å². The van der Waals surface area contributed by atoms with Crippen molar-refractivity contribution in [2.24, 2.45) is 17.8 Å². The first-order chi connectivity index (χ1) is 41.3. The van der Waals surface area contributed by atoms with Crippen LogP contribution in [-0.4, -0.2) is 96.7 Å². The predicted molar refractivity (Wildman–Crippen MR) is 344 cm³/mol. The Kier molecular flexibility index (Phi) is 56.0. The Bertz CT molecular complexity index is 1790. The number of hydrogen-bond acceptors (Lipinski definition) is 15. The third-order valence-electron chi connectivity index (χ3n) is 15.1. The summed E-state index contributed by atoms with van der Waals surface area (Å²) in [7, 11) is -9.91. The van der Waals surface area contributed by atoms with Gasteiger partial charge in [-0.05, 0) is 69.1 Å². The van der Waals surface area contributed by atoms with Crippen molar-refractivity contribution in [3.8, 4) is 0 Å². The number of phosphoric acid groups is 2. The highest BCUT2D eigenvalue weighted by Crippen LogP contribution is 2.45. The highest BCUT2D eigenvalue weighted by molar-refractivity contribution is 7.47. The summed E-state index contributed by atoms with van der Waals surface area (Å²) in [6.07, 6.45) is 42.7. The van der Waals surface area contributed by atoms with Crippen molar-refractivity contribution in [3.63, 3.8) is 0 Å². The van der Waals surface area contributed by atoms with E-state index in [0.717, 1.165) is 121 Å². The molecule has 6 atom stereocenters. The maximum Gasteiger partial charge on any atom is 0.472 e. The fourth-order valence-corrected chi connectivity index (χ4v) is 11.0. The lowest BCUT2D eigenvalue weighted by Crippen LogP contribution is -2.30. The number of hydrogen-bond donors (Lipinski definition) is 3. The molecule has 0 fully saturated rings. The number of ether oxygens (including phenoxy) is 4. The summed E-state index contributed by atoms with van der Waals surface area (Å²) >= 11 is 0. The molecule has 0 aromatic rings. The van der Waals surface area contributed by atoms with Crippen LogP contribution in [0.1, 0.15) is 305 Å². The van der Waals surface area contributed by atoms with E-state index in [9.17, 15) is 43.2 Å². The van der Waals surface area contributed by atoms with E-state index < -0.39 is 97.5 Å². The molecular formula is C67H126O17P2. The molecule has 506 valence electrons. The third kappa shape index (κ3) is 59.2. The SMILES string of the molecule is CCCCCC/C=C\C=C/CCCCCCCC(=O)O[C@H](COC(=O)CCCCCCCCC(C)C)COP(=O)(O)OC[C@H](O)COP(=O)(O)OC[C@@H](COC(=O)CCCCCCCCCC(C)C)OC(=O)CCCCCCCCCCC(C)CC. The Morgan fingerprint density at radius 2 is 0.686 bits per heavy atom. The number of allylic oxidation sites excluding steroid dienone is 4. The zero-order chi connectivity index (χ0) is 63.8. The summed E-state index contributed by atoms with van der Waals surface area (Å²) in [6, 6.07) is 0. The molecule has 0 aromatic heterocycles. The molecular weight excluding hydrogens is 1140 g/mol. The lowest BCUT2D eigenvalue weighted by atomic mass is 9.99. The molecule has 0 saturated heterocycles. The first kappa shape index (κ1) is 83.5. The topological polar surface area (TPSA) is 237 Å². The molecule has 0 aromatic carbocycles. The summed E-state index contributed by atoms with van der Waals surface area (Å²) in [5.74, 6) is -0.0191. The largest absolute Gasteiger partial charge is 0.472 e. The molecule has 19 heteroatoms. The Morgan fingerprint density at radius 3 is 1.03 bits per heavy atom. The van der Waals surface area contributed by atoms with Crippen LogP contribution in [0.2, 0.25) is 0 Å². The molecule has 0 rings (SSSR count). The van der Waals surface area contributed by atoms with Crippen LogP contribution in [0.3, 0.4) is 0 Å². The van der Waals surface area contributed by atoms with E-state index in [1.165, 1.54) is 89.9 Å². The number of rotatable bonds is 63. The average molecular weight is 1270 g/mol. The monoisotopic (exact) mass is 1260 g/mol. The second-order valence-electron chi connectivity index (χ2n) is 24.7. The molecule has 0 spiro atoms. The van der Waals surface area contributed by atoms with E-state index >= 15 is 0 Å². The van der Waals surface area contributed by atoms with Crippen molar-refractivity contribution in [1.82, 2.24) is 0 Å². The van der Waals surface area contributed by atoms with Gasteiger partial charge in [0.05, 0.1) is 26.4 Å². The van der Waals surface area contributed by atoms with E-state index in [1.54, 1.807) is 0 Å². The van der Waals surface area contributed by atoms with Crippen molar-refractivity contribution in [1.29, 1.82) is 0 Å². The van der Waals surface area contributed by atoms with Crippen molar-refractivity contribution in [2.75, 3.05) is 39.6 Å². The van der Waals surface area contributed by atoms with Gasteiger partial charge in [0.2, 0.25) is 0 Å². The summed E-state index contributed by atoms with van der Waals surface area (Å²) in [6.45, 7) is 11.6. The number of carbonyl (C=O) groups is 4. The van der Waals surface area contributed by atoms with Crippen LogP contribution in [0.15, 0.2) is 24.3 Å². The van der Waals surface area contributed by atoms with E-state index in [-0.39, 0.29) is 25.7 Å². The minimum absolute atomic E-state index is 0.0833. The Balaban J connectivity index is 5.28. The average Bonchev–Trinajstić information content (AvgIpc) is 3.61. The maximum atomic E-state index is 13.0. The summed E-state index contributed by atoms with van der Waals surface area (Å²) in [5.41, 5.74) is 0. The molecule has 86 heavy (non-hydrogen) atoms. The number of carbonyl (C=O) groups excluding carboxylic acids is 4. The van der Waals surface area contributed by atoms with Gasteiger partial charge in [0.15, 0.2) is 12.2 Å². The van der Waals surface area contributed by atoms with Crippen LogP contribution in [0.4, 0.5) is 0 Å². The predicted octanol–water partition coefficient (Wildman–Crippen LogP) is 18.2. The van der Waals surface area contributed by atoms with Gasteiger partial charge in [0, 0.05) is 25.7 Å². The molecule has 0 heterocycles. The molecule has 0 aliphatic rings. The van der Waals surface area contributed by atoms with Gasteiger partial charge in [-0.2, -0.15) is 0 Å². The molecule has 17 nitrogen and oxygen atoms in total. The van der Waals surface area contributed by atoms with Crippen LogP contribution in [0, 0.1) is 17.8 Å². The summed E-state index contributed by atoms with van der Waals surface area (Å²) in [5, 5.41) is 10.6. The standard InChI is InChI=1S/C67H126O17P2/c1-8-10-11-12-13-14-15-16-17-18-19-20-26-36-43-50-66(71)83-63(55-78-65(70)49-42-35-30-29-32-39-46-59(5)6)57-82-86(75,76)80-53-61(68)52-79-85(73,74)81-56-62(54-77-64(69)48-41-34-28-23-24-31-38-45-58(3)4)84-67(72)51-44-37-27-22-21-25-33-40-47-60(7)9-2/h14-17,58-63,68H,8-13,18-57H2,1-7H3,(H,73,74)(H,75,76)/b15-14-,17-16-/t60?,61-,62-,63-/m1/s1. The van der Waals surface area contributed by atoms with E-state index in [0.29, 0.717) is 37.5 Å². The second kappa shape index (κ2) is 57.7. The molecule has 3 unspecified atom stereocenters. The van der Waals surface area contributed by atoms with Gasteiger partial charge in [-0.1, -0.05) is 253 Å². The number of unbranched alkanes of at least 4 members (excludes halogenated alkanes) is 27. The fourth-order valence-electron chi connectivity index (χ4n) is 9.44. The number of aliphatic hydroxyl groups excluding tert-OH is 1. The zero-order valence-electron chi connectivity index (χ0n) is 55.3. The number of phosphoric ester groups is 2. The highest BCUT2D eigenvalue weighted by Gasteiger charge is 2.30. The van der Waals surface area contributed by atoms with Crippen LogP contribution >= 0.6 is 15.6 Å². The Hall–Kier alpha value is -2.46. The zero-order valence-corrected chi connectivity index (χ0v) is 57.0.